The lowest BCUT2D eigenvalue weighted by atomic mass is 9.80. The number of hydrogen-bond donors (Lipinski definition) is 0. The molecule has 1 aromatic carbocycles. The molecule has 1 saturated heterocycles. The van der Waals surface area contributed by atoms with Crippen LogP contribution in [-0.4, -0.2) is 12.7 Å². The van der Waals surface area contributed by atoms with E-state index in [-0.39, 0.29) is 0 Å². The van der Waals surface area contributed by atoms with Crippen molar-refractivity contribution in [2.45, 2.75) is 77.2 Å². The van der Waals surface area contributed by atoms with Gasteiger partial charge in [-0.2, -0.15) is 0 Å². The van der Waals surface area contributed by atoms with Gasteiger partial charge in [-0.05, 0) is 50.0 Å². The molecule has 0 amide bonds. The highest BCUT2D eigenvalue weighted by Gasteiger charge is 2.24. The second-order valence-electron chi connectivity index (χ2n) is 7.84. The highest BCUT2D eigenvalue weighted by molar-refractivity contribution is 5.24. The summed E-state index contributed by atoms with van der Waals surface area (Å²) in [5.41, 5.74) is 2.81. The first-order valence-corrected chi connectivity index (χ1v) is 9.39. The fourth-order valence-electron chi connectivity index (χ4n) is 4.17. The first-order chi connectivity index (χ1) is 10.7. The second kappa shape index (κ2) is 7.64. The van der Waals surface area contributed by atoms with E-state index < -0.39 is 0 Å². The first-order valence-electron chi connectivity index (χ1n) is 9.39. The van der Waals surface area contributed by atoms with Gasteiger partial charge in [0.15, 0.2) is 0 Å². The van der Waals surface area contributed by atoms with E-state index in [1.807, 2.05) is 0 Å². The van der Waals surface area contributed by atoms with E-state index in [9.17, 15) is 0 Å². The van der Waals surface area contributed by atoms with Gasteiger partial charge in [-0.1, -0.05) is 62.4 Å². The van der Waals surface area contributed by atoms with Gasteiger partial charge in [0.05, 0.1) is 12.7 Å². The summed E-state index contributed by atoms with van der Waals surface area (Å²) in [5.74, 6) is 2.57. The van der Waals surface area contributed by atoms with E-state index in [1.165, 1.54) is 62.5 Å². The average Bonchev–Trinajstić information content (AvgIpc) is 2.56. The van der Waals surface area contributed by atoms with E-state index in [2.05, 4.69) is 38.1 Å². The van der Waals surface area contributed by atoms with Crippen molar-refractivity contribution in [3.63, 3.8) is 0 Å². The number of ether oxygens (including phenoxy) is 1. The summed E-state index contributed by atoms with van der Waals surface area (Å²) in [6, 6.07) is 9.02. The zero-order valence-electron chi connectivity index (χ0n) is 14.4. The zero-order chi connectivity index (χ0) is 15.4. The van der Waals surface area contributed by atoms with Crippen LogP contribution in [0.2, 0.25) is 0 Å². The van der Waals surface area contributed by atoms with Crippen LogP contribution >= 0.6 is 0 Å². The number of aryl methyl sites for hydroxylation is 1. The average molecular weight is 300 g/mol. The number of benzene rings is 1. The van der Waals surface area contributed by atoms with Crippen LogP contribution in [0, 0.1) is 18.8 Å². The minimum atomic E-state index is 0.529. The third-order valence-corrected chi connectivity index (χ3v) is 5.95. The molecule has 2 unspecified atom stereocenters. The Kier molecular flexibility index (Phi) is 5.57. The van der Waals surface area contributed by atoms with Crippen LogP contribution in [-0.2, 0) is 4.74 Å². The quantitative estimate of drug-likeness (QED) is 0.676. The highest BCUT2D eigenvalue weighted by Crippen LogP contribution is 2.34. The van der Waals surface area contributed by atoms with Crippen molar-refractivity contribution < 1.29 is 4.74 Å². The summed E-state index contributed by atoms with van der Waals surface area (Å²) >= 11 is 0. The van der Waals surface area contributed by atoms with E-state index in [1.54, 1.807) is 0 Å². The minimum absolute atomic E-state index is 0.529. The van der Waals surface area contributed by atoms with Crippen LogP contribution in [0.3, 0.4) is 0 Å². The van der Waals surface area contributed by atoms with Crippen molar-refractivity contribution in [2.24, 2.45) is 11.8 Å². The summed E-state index contributed by atoms with van der Waals surface area (Å²) in [5, 5.41) is 0. The monoisotopic (exact) mass is 300 g/mol. The van der Waals surface area contributed by atoms with Crippen molar-refractivity contribution >= 4 is 0 Å². The lowest BCUT2D eigenvalue weighted by molar-refractivity contribution is -0.00518. The molecule has 0 spiro atoms. The van der Waals surface area contributed by atoms with Crippen LogP contribution in [0.5, 0.6) is 0 Å². The maximum absolute atomic E-state index is 6.19. The molecule has 1 nitrogen and oxygen atoms in total. The van der Waals surface area contributed by atoms with E-state index in [0.717, 1.165) is 18.4 Å². The smallest absolute Gasteiger partial charge is 0.0575 e. The molecule has 2 fully saturated rings. The largest absolute Gasteiger partial charge is 0.378 e. The molecule has 0 radical (unpaired) electrons. The molecule has 22 heavy (non-hydrogen) atoms. The molecular weight excluding hydrogens is 268 g/mol. The van der Waals surface area contributed by atoms with Crippen LogP contribution in [0.4, 0.5) is 0 Å². The maximum atomic E-state index is 6.19. The standard InChI is InChI=1S/C21H32O/c1-16-3-7-18(8-4-16)9-13-21-14-12-20(15-22-21)19-10-5-17(2)6-11-19/h5-6,10-11,16,18,20-21H,3-4,7-9,12-15H2,1-2H3. The predicted octanol–water partition coefficient (Wildman–Crippen LogP) is 5.86. The molecule has 0 N–H and O–H groups in total. The van der Waals surface area contributed by atoms with Crippen molar-refractivity contribution in [1.82, 2.24) is 0 Å². The number of rotatable bonds is 4. The molecular formula is C21H32O. The SMILES string of the molecule is Cc1ccc(C2CCC(CCC3CCC(C)CC3)OC2)cc1. The fourth-order valence-corrected chi connectivity index (χ4v) is 4.17. The van der Waals surface area contributed by atoms with Crippen LogP contribution in [0.25, 0.3) is 0 Å². The highest BCUT2D eigenvalue weighted by atomic mass is 16.5. The maximum Gasteiger partial charge on any atom is 0.0575 e. The molecule has 0 bridgehead atoms. The van der Waals surface area contributed by atoms with Gasteiger partial charge in [0.2, 0.25) is 0 Å². The third-order valence-electron chi connectivity index (χ3n) is 5.95. The van der Waals surface area contributed by atoms with E-state index in [4.69, 9.17) is 4.74 Å². The van der Waals surface area contributed by atoms with Crippen molar-refractivity contribution in [1.29, 1.82) is 0 Å². The van der Waals surface area contributed by atoms with E-state index in [0.29, 0.717) is 12.0 Å². The van der Waals surface area contributed by atoms with Crippen LogP contribution < -0.4 is 0 Å². The van der Waals surface area contributed by atoms with Crippen LogP contribution in [0.1, 0.15) is 75.3 Å². The van der Waals surface area contributed by atoms with Gasteiger partial charge in [-0.25, -0.2) is 0 Å². The molecule has 1 heteroatoms. The van der Waals surface area contributed by atoms with Gasteiger partial charge in [0, 0.05) is 5.92 Å². The lowest BCUT2D eigenvalue weighted by Crippen LogP contribution is -2.25. The number of hydrogen-bond acceptors (Lipinski definition) is 1. The molecule has 1 aromatic rings. The first kappa shape index (κ1) is 16.1. The molecule has 1 aliphatic carbocycles. The normalized spacial score (nSPS) is 32.8. The van der Waals surface area contributed by atoms with Crippen molar-refractivity contribution in [2.75, 3.05) is 6.61 Å². The van der Waals surface area contributed by atoms with Gasteiger partial charge in [-0.15, -0.1) is 0 Å². The van der Waals surface area contributed by atoms with Gasteiger partial charge < -0.3 is 4.74 Å². The topological polar surface area (TPSA) is 9.23 Å². The lowest BCUT2D eigenvalue weighted by Gasteiger charge is -2.31. The predicted molar refractivity (Wildman–Crippen MR) is 93.3 cm³/mol. The van der Waals surface area contributed by atoms with Gasteiger partial charge in [0.1, 0.15) is 0 Å². The molecule has 1 saturated carbocycles. The summed E-state index contributed by atoms with van der Waals surface area (Å²) in [6.07, 6.45) is 11.6. The Balaban J connectivity index is 1.39. The third kappa shape index (κ3) is 4.35. The Morgan fingerprint density at radius 2 is 1.64 bits per heavy atom. The summed E-state index contributed by atoms with van der Waals surface area (Å²) in [6.45, 7) is 5.49. The Morgan fingerprint density at radius 3 is 2.27 bits per heavy atom. The molecule has 1 heterocycles. The molecule has 0 aromatic heterocycles. The van der Waals surface area contributed by atoms with Gasteiger partial charge in [0.25, 0.3) is 0 Å². The Hall–Kier alpha value is -0.820. The molecule has 2 aliphatic rings. The summed E-state index contributed by atoms with van der Waals surface area (Å²) < 4.78 is 6.19. The summed E-state index contributed by atoms with van der Waals surface area (Å²) in [7, 11) is 0. The molecule has 1 aliphatic heterocycles. The van der Waals surface area contributed by atoms with Gasteiger partial charge in [-0.3, -0.25) is 0 Å². The van der Waals surface area contributed by atoms with Crippen molar-refractivity contribution in [3.05, 3.63) is 35.4 Å². The Labute approximate surface area is 136 Å². The van der Waals surface area contributed by atoms with Gasteiger partial charge >= 0.3 is 0 Å². The molecule has 3 rings (SSSR count). The summed E-state index contributed by atoms with van der Waals surface area (Å²) in [4.78, 5) is 0. The molecule has 2 atom stereocenters. The van der Waals surface area contributed by atoms with Crippen molar-refractivity contribution in [3.8, 4) is 0 Å². The molecule has 122 valence electrons. The Morgan fingerprint density at radius 1 is 0.909 bits per heavy atom. The minimum Gasteiger partial charge on any atom is -0.378 e. The fraction of sp³-hybridized carbons (Fsp3) is 0.714. The zero-order valence-corrected chi connectivity index (χ0v) is 14.4. The Bertz CT molecular complexity index is 433. The van der Waals surface area contributed by atoms with E-state index >= 15 is 0 Å². The second-order valence-corrected chi connectivity index (χ2v) is 7.84. The van der Waals surface area contributed by atoms with Crippen LogP contribution in [0.15, 0.2) is 24.3 Å².